The third-order valence-electron chi connectivity index (χ3n) is 4.94. The molecule has 0 bridgehead atoms. The van der Waals surface area contributed by atoms with Crippen LogP contribution >= 0.6 is 11.3 Å². The van der Waals surface area contributed by atoms with E-state index in [9.17, 15) is 0 Å². The van der Waals surface area contributed by atoms with Crippen molar-refractivity contribution in [3.05, 3.63) is 76.2 Å². The van der Waals surface area contributed by atoms with Crippen molar-refractivity contribution in [2.24, 2.45) is 5.92 Å². The van der Waals surface area contributed by atoms with Crippen LogP contribution < -0.4 is 9.64 Å². The number of fused-ring (bicyclic) bond motifs is 3. The molecule has 126 valence electrons. The average molecular weight is 349 g/mol. The standard InChI is InChI=1S/C21H19NO2S/c1-12-10-13(2)18(14(3)11-12)22-20-19(23-17-8-9-25-21(17)22)15-6-4-5-7-16(15)24-20/h4-11,15-16H,1-3H3. The quantitative estimate of drug-likeness (QED) is 0.677. The first-order valence-electron chi connectivity index (χ1n) is 8.52. The van der Waals surface area contributed by atoms with Crippen molar-refractivity contribution < 1.29 is 9.47 Å². The molecule has 0 saturated heterocycles. The molecule has 0 fully saturated rings. The number of allylic oxidation sites excluding steroid dienone is 2. The summed E-state index contributed by atoms with van der Waals surface area (Å²) >= 11 is 1.68. The Morgan fingerprint density at radius 3 is 2.60 bits per heavy atom. The fraction of sp³-hybridized carbons (Fsp3) is 0.238. The second-order valence-corrected chi connectivity index (χ2v) is 7.72. The van der Waals surface area contributed by atoms with Crippen LogP contribution in [0.1, 0.15) is 16.7 Å². The number of anilines is 2. The van der Waals surface area contributed by atoms with E-state index in [0.717, 1.165) is 22.4 Å². The number of hydrogen-bond acceptors (Lipinski definition) is 4. The lowest BCUT2D eigenvalue weighted by atomic mass is 9.97. The Kier molecular flexibility index (Phi) is 3.13. The van der Waals surface area contributed by atoms with Crippen LogP contribution in [-0.4, -0.2) is 6.10 Å². The minimum absolute atomic E-state index is 0.0116. The highest BCUT2D eigenvalue weighted by Crippen LogP contribution is 2.52. The van der Waals surface area contributed by atoms with Crippen molar-refractivity contribution >= 4 is 22.0 Å². The monoisotopic (exact) mass is 349 g/mol. The van der Waals surface area contributed by atoms with Gasteiger partial charge in [-0.3, -0.25) is 4.90 Å². The molecule has 4 heteroatoms. The predicted octanol–water partition coefficient (Wildman–Crippen LogP) is 5.51. The minimum Gasteiger partial charge on any atom is -0.467 e. The van der Waals surface area contributed by atoms with E-state index in [1.54, 1.807) is 11.3 Å². The summed E-state index contributed by atoms with van der Waals surface area (Å²) in [5.74, 6) is 2.80. The molecule has 0 radical (unpaired) electrons. The molecule has 3 heterocycles. The lowest BCUT2D eigenvalue weighted by molar-refractivity contribution is 0.162. The molecule has 0 spiro atoms. The maximum Gasteiger partial charge on any atom is 0.240 e. The van der Waals surface area contributed by atoms with Crippen LogP contribution in [-0.2, 0) is 4.74 Å². The molecular formula is C21H19NO2S. The Labute approximate surface area is 151 Å². The van der Waals surface area contributed by atoms with Crippen molar-refractivity contribution in [1.29, 1.82) is 0 Å². The molecule has 5 rings (SSSR count). The predicted molar refractivity (Wildman–Crippen MR) is 101 cm³/mol. The summed E-state index contributed by atoms with van der Waals surface area (Å²) in [6.07, 6.45) is 8.39. The average Bonchev–Trinajstić information content (AvgIpc) is 3.17. The highest BCUT2D eigenvalue weighted by atomic mass is 32.1. The van der Waals surface area contributed by atoms with Gasteiger partial charge in [0.05, 0.1) is 11.6 Å². The molecule has 3 aliphatic rings. The summed E-state index contributed by atoms with van der Waals surface area (Å²) in [4.78, 5) is 2.25. The number of nitrogens with zero attached hydrogens (tertiary/aromatic N) is 1. The Hall–Kier alpha value is -2.46. The second kappa shape index (κ2) is 5.27. The van der Waals surface area contributed by atoms with E-state index in [-0.39, 0.29) is 12.0 Å². The number of aryl methyl sites for hydroxylation is 3. The van der Waals surface area contributed by atoms with Crippen LogP contribution in [0.25, 0.3) is 0 Å². The van der Waals surface area contributed by atoms with Crippen LogP contribution in [0.15, 0.2) is 59.5 Å². The van der Waals surface area contributed by atoms with Gasteiger partial charge >= 0.3 is 0 Å². The van der Waals surface area contributed by atoms with E-state index in [1.165, 1.54) is 22.4 Å². The van der Waals surface area contributed by atoms with E-state index >= 15 is 0 Å². The van der Waals surface area contributed by atoms with Gasteiger partial charge in [-0.15, -0.1) is 11.3 Å². The van der Waals surface area contributed by atoms with Gasteiger partial charge in [-0.2, -0.15) is 0 Å². The number of hydrogen-bond donors (Lipinski definition) is 0. The first-order valence-corrected chi connectivity index (χ1v) is 9.40. The Bertz CT molecular complexity index is 943. The Balaban J connectivity index is 1.73. The molecule has 2 aromatic rings. The van der Waals surface area contributed by atoms with Crippen molar-refractivity contribution in [3.63, 3.8) is 0 Å². The van der Waals surface area contributed by atoms with Crippen LogP contribution in [0.2, 0.25) is 0 Å². The SMILES string of the molecule is Cc1cc(C)c(N2C3=C(Oc4ccsc42)C2C=CC=CC2O3)c(C)c1. The minimum atomic E-state index is 0.0116. The lowest BCUT2D eigenvalue weighted by Crippen LogP contribution is -2.24. The van der Waals surface area contributed by atoms with Gasteiger partial charge in [-0.1, -0.05) is 35.9 Å². The molecule has 2 aliphatic heterocycles. The lowest BCUT2D eigenvalue weighted by Gasteiger charge is -2.31. The molecular weight excluding hydrogens is 330 g/mol. The molecule has 0 saturated carbocycles. The molecule has 1 aliphatic carbocycles. The summed E-state index contributed by atoms with van der Waals surface area (Å²) in [6, 6.07) is 6.51. The number of thiophene rings is 1. The Morgan fingerprint density at radius 1 is 1.04 bits per heavy atom. The third kappa shape index (κ3) is 2.10. The van der Waals surface area contributed by atoms with Crippen LogP contribution in [0.4, 0.5) is 10.7 Å². The zero-order valence-corrected chi connectivity index (χ0v) is 15.3. The van der Waals surface area contributed by atoms with Crippen molar-refractivity contribution in [3.8, 4) is 5.75 Å². The van der Waals surface area contributed by atoms with Gasteiger partial charge in [0.15, 0.2) is 11.5 Å². The van der Waals surface area contributed by atoms with Crippen molar-refractivity contribution in [1.82, 2.24) is 0 Å². The highest BCUT2D eigenvalue weighted by molar-refractivity contribution is 7.14. The molecule has 1 aromatic carbocycles. The van der Waals surface area contributed by atoms with Gasteiger partial charge in [0.25, 0.3) is 0 Å². The smallest absolute Gasteiger partial charge is 0.240 e. The van der Waals surface area contributed by atoms with E-state index in [1.807, 2.05) is 12.1 Å². The largest absolute Gasteiger partial charge is 0.467 e. The number of rotatable bonds is 1. The first kappa shape index (κ1) is 14.8. The summed E-state index contributed by atoms with van der Waals surface area (Å²) in [5.41, 5.74) is 4.96. The molecule has 3 nitrogen and oxygen atoms in total. The first-order chi connectivity index (χ1) is 12.1. The van der Waals surface area contributed by atoms with E-state index in [2.05, 4.69) is 61.4 Å². The van der Waals surface area contributed by atoms with Gasteiger partial charge in [0.2, 0.25) is 5.88 Å². The summed E-state index contributed by atoms with van der Waals surface area (Å²) in [7, 11) is 0. The fourth-order valence-electron chi connectivity index (χ4n) is 4.01. The second-order valence-electron chi connectivity index (χ2n) is 6.82. The summed E-state index contributed by atoms with van der Waals surface area (Å²) in [5, 5.41) is 3.16. The third-order valence-corrected chi connectivity index (χ3v) is 5.82. The number of benzene rings is 1. The van der Waals surface area contributed by atoms with Gasteiger partial charge in [0.1, 0.15) is 11.1 Å². The van der Waals surface area contributed by atoms with Crippen LogP contribution in [0.5, 0.6) is 5.75 Å². The summed E-state index contributed by atoms with van der Waals surface area (Å²) in [6.45, 7) is 6.47. The zero-order chi connectivity index (χ0) is 17.1. The zero-order valence-electron chi connectivity index (χ0n) is 14.4. The molecule has 0 amide bonds. The van der Waals surface area contributed by atoms with Gasteiger partial charge in [-0.05, 0) is 49.4 Å². The molecule has 2 atom stereocenters. The Morgan fingerprint density at radius 2 is 1.80 bits per heavy atom. The van der Waals surface area contributed by atoms with E-state index < -0.39 is 0 Å². The molecule has 1 aromatic heterocycles. The van der Waals surface area contributed by atoms with E-state index in [0.29, 0.717) is 0 Å². The molecule has 0 N–H and O–H groups in total. The molecule has 25 heavy (non-hydrogen) atoms. The van der Waals surface area contributed by atoms with Gasteiger partial charge in [0, 0.05) is 0 Å². The maximum absolute atomic E-state index is 6.35. The van der Waals surface area contributed by atoms with Gasteiger partial charge < -0.3 is 9.47 Å². The normalized spacial score (nSPS) is 23.1. The number of ether oxygens (including phenoxy) is 2. The maximum atomic E-state index is 6.35. The van der Waals surface area contributed by atoms with Crippen molar-refractivity contribution in [2.45, 2.75) is 26.9 Å². The van der Waals surface area contributed by atoms with Crippen molar-refractivity contribution in [2.75, 3.05) is 4.90 Å². The topological polar surface area (TPSA) is 21.7 Å². The van der Waals surface area contributed by atoms with Crippen LogP contribution in [0.3, 0.4) is 0 Å². The highest BCUT2D eigenvalue weighted by Gasteiger charge is 2.44. The molecule has 2 unspecified atom stereocenters. The fourth-order valence-corrected chi connectivity index (χ4v) is 4.84. The summed E-state index contributed by atoms with van der Waals surface area (Å²) < 4.78 is 12.6. The van der Waals surface area contributed by atoms with E-state index in [4.69, 9.17) is 9.47 Å². The van der Waals surface area contributed by atoms with Gasteiger partial charge in [-0.25, -0.2) is 0 Å². The van der Waals surface area contributed by atoms with Crippen LogP contribution in [0, 0.1) is 26.7 Å².